The number of rotatable bonds is 7. The van der Waals surface area contributed by atoms with Gasteiger partial charge in [-0.05, 0) is 38.2 Å². The van der Waals surface area contributed by atoms with Crippen LogP contribution in [0.25, 0.3) is 0 Å². The minimum absolute atomic E-state index is 0.136. The van der Waals surface area contributed by atoms with E-state index in [2.05, 4.69) is 36.5 Å². The minimum Gasteiger partial charge on any atom is -0.355 e. The Hall–Kier alpha value is -1.84. The number of carbonyl (C=O) groups excluding carboxylic acids is 2. The summed E-state index contributed by atoms with van der Waals surface area (Å²) in [5.74, 6) is 0.466. The number of nitrogens with one attached hydrogen (secondary N) is 1. The summed E-state index contributed by atoms with van der Waals surface area (Å²) in [5.41, 5.74) is 2.41. The van der Waals surface area contributed by atoms with E-state index in [1.165, 1.54) is 11.1 Å². The summed E-state index contributed by atoms with van der Waals surface area (Å²) in [6, 6.07) is 8.77. The molecule has 2 fully saturated rings. The minimum atomic E-state index is 0.136. The SMILES string of the molecule is Cc1ccc(CN(C(=O)CCNC(=O)C2CCCC2)C2CC2)cc1. The molecule has 0 radical (unpaired) electrons. The number of benzene rings is 1. The van der Waals surface area contributed by atoms with Gasteiger partial charge in [0.15, 0.2) is 0 Å². The fourth-order valence-corrected chi connectivity index (χ4v) is 3.47. The molecule has 0 aliphatic heterocycles. The third-order valence-corrected chi connectivity index (χ3v) is 5.15. The molecule has 2 aliphatic rings. The number of carbonyl (C=O) groups is 2. The lowest BCUT2D eigenvalue weighted by molar-refractivity contribution is -0.132. The maximum absolute atomic E-state index is 12.6. The summed E-state index contributed by atoms with van der Waals surface area (Å²) >= 11 is 0. The van der Waals surface area contributed by atoms with Crippen LogP contribution in [0, 0.1) is 12.8 Å². The third kappa shape index (κ3) is 4.59. The van der Waals surface area contributed by atoms with Crippen LogP contribution in [0.5, 0.6) is 0 Å². The lowest BCUT2D eigenvalue weighted by Crippen LogP contribution is -2.37. The van der Waals surface area contributed by atoms with Crippen molar-refractivity contribution in [3.05, 3.63) is 35.4 Å². The first kappa shape index (κ1) is 17.0. The van der Waals surface area contributed by atoms with E-state index in [4.69, 9.17) is 0 Å². The van der Waals surface area contributed by atoms with Crippen LogP contribution in [0.4, 0.5) is 0 Å². The Bertz CT molecular complexity index is 572. The van der Waals surface area contributed by atoms with E-state index in [0.717, 1.165) is 38.5 Å². The van der Waals surface area contributed by atoms with Crippen LogP contribution in [0.3, 0.4) is 0 Å². The quantitative estimate of drug-likeness (QED) is 0.836. The molecule has 0 saturated heterocycles. The molecule has 2 amide bonds. The van der Waals surface area contributed by atoms with Crippen molar-refractivity contribution in [3.8, 4) is 0 Å². The number of hydrogen-bond donors (Lipinski definition) is 1. The fourth-order valence-electron chi connectivity index (χ4n) is 3.47. The average molecular weight is 328 g/mol. The van der Waals surface area contributed by atoms with Gasteiger partial charge in [-0.25, -0.2) is 0 Å². The first-order valence-electron chi connectivity index (χ1n) is 9.26. The molecule has 0 spiro atoms. The molecule has 0 aromatic heterocycles. The second-order valence-corrected chi connectivity index (χ2v) is 7.26. The number of nitrogens with zero attached hydrogens (tertiary/aromatic N) is 1. The van der Waals surface area contributed by atoms with Crippen LogP contribution < -0.4 is 5.32 Å². The highest BCUT2D eigenvalue weighted by molar-refractivity contribution is 5.81. The van der Waals surface area contributed by atoms with Crippen LogP contribution in [0.1, 0.15) is 56.1 Å². The van der Waals surface area contributed by atoms with Crippen molar-refractivity contribution in [1.82, 2.24) is 10.2 Å². The van der Waals surface area contributed by atoms with E-state index in [1.54, 1.807) is 0 Å². The van der Waals surface area contributed by atoms with Gasteiger partial charge in [-0.2, -0.15) is 0 Å². The summed E-state index contributed by atoms with van der Waals surface area (Å²) in [4.78, 5) is 26.6. The molecule has 0 heterocycles. The van der Waals surface area contributed by atoms with Gasteiger partial charge in [0.1, 0.15) is 0 Å². The van der Waals surface area contributed by atoms with Crippen LogP contribution in [0.15, 0.2) is 24.3 Å². The summed E-state index contributed by atoms with van der Waals surface area (Å²) < 4.78 is 0. The smallest absolute Gasteiger partial charge is 0.224 e. The Kier molecular flexibility index (Phi) is 5.54. The molecule has 0 unspecified atom stereocenters. The first-order chi connectivity index (χ1) is 11.6. The molecule has 1 aromatic carbocycles. The van der Waals surface area contributed by atoms with Crippen molar-refractivity contribution in [3.63, 3.8) is 0 Å². The van der Waals surface area contributed by atoms with Crippen molar-refractivity contribution in [1.29, 1.82) is 0 Å². The predicted molar refractivity (Wildman–Crippen MR) is 94.3 cm³/mol. The van der Waals surface area contributed by atoms with E-state index < -0.39 is 0 Å². The van der Waals surface area contributed by atoms with Gasteiger partial charge in [0.2, 0.25) is 11.8 Å². The Balaban J connectivity index is 1.47. The Morgan fingerprint density at radius 2 is 1.75 bits per heavy atom. The van der Waals surface area contributed by atoms with E-state index in [9.17, 15) is 9.59 Å². The molecule has 0 bridgehead atoms. The van der Waals surface area contributed by atoms with Gasteiger partial charge in [0, 0.05) is 31.5 Å². The van der Waals surface area contributed by atoms with Gasteiger partial charge in [-0.15, -0.1) is 0 Å². The van der Waals surface area contributed by atoms with Crippen LogP contribution in [0.2, 0.25) is 0 Å². The Labute approximate surface area is 144 Å². The largest absolute Gasteiger partial charge is 0.355 e. The van der Waals surface area contributed by atoms with Crippen LogP contribution >= 0.6 is 0 Å². The van der Waals surface area contributed by atoms with Crippen molar-refractivity contribution < 1.29 is 9.59 Å². The molecule has 4 heteroatoms. The summed E-state index contributed by atoms with van der Waals surface area (Å²) in [6.07, 6.45) is 6.92. The second kappa shape index (κ2) is 7.82. The highest BCUT2D eigenvalue weighted by Gasteiger charge is 2.32. The van der Waals surface area contributed by atoms with E-state index >= 15 is 0 Å². The summed E-state index contributed by atoms with van der Waals surface area (Å²) in [6.45, 7) is 3.21. The lowest BCUT2D eigenvalue weighted by atomic mass is 10.1. The monoisotopic (exact) mass is 328 g/mol. The van der Waals surface area contributed by atoms with Crippen LogP contribution in [-0.2, 0) is 16.1 Å². The number of amides is 2. The molecule has 2 saturated carbocycles. The number of hydrogen-bond acceptors (Lipinski definition) is 2. The van der Waals surface area contributed by atoms with E-state index in [0.29, 0.717) is 25.6 Å². The fraction of sp³-hybridized carbons (Fsp3) is 0.600. The molecule has 2 aliphatic carbocycles. The molecule has 4 nitrogen and oxygen atoms in total. The molecule has 0 atom stereocenters. The molecular formula is C20H28N2O2. The van der Waals surface area contributed by atoms with Crippen LogP contribution in [-0.4, -0.2) is 29.3 Å². The zero-order chi connectivity index (χ0) is 16.9. The van der Waals surface area contributed by atoms with Crippen molar-refractivity contribution in [2.24, 2.45) is 5.92 Å². The zero-order valence-electron chi connectivity index (χ0n) is 14.6. The van der Waals surface area contributed by atoms with Crippen molar-refractivity contribution in [2.75, 3.05) is 6.54 Å². The lowest BCUT2D eigenvalue weighted by Gasteiger charge is -2.23. The predicted octanol–water partition coefficient (Wildman–Crippen LogP) is 3.18. The van der Waals surface area contributed by atoms with Gasteiger partial charge >= 0.3 is 0 Å². The highest BCUT2D eigenvalue weighted by atomic mass is 16.2. The Morgan fingerprint density at radius 3 is 2.38 bits per heavy atom. The normalized spacial score (nSPS) is 17.7. The van der Waals surface area contributed by atoms with E-state index in [1.807, 2.05) is 4.90 Å². The van der Waals surface area contributed by atoms with Gasteiger partial charge in [0.25, 0.3) is 0 Å². The average Bonchev–Trinajstić information content (AvgIpc) is 3.26. The molecule has 24 heavy (non-hydrogen) atoms. The Morgan fingerprint density at radius 1 is 1.08 bits per heavy atom. The molecule has 1 aromatic rings. The topological polar surface area (TPSA) is 49.4 Å². The maximum atomic E-state index is 12.6. The highest BCUT2D eigenvalue weighted by Crippen LogP contribution is 2.29. The van der Waals surface area contributed by atoms with Gasteiger partial charge in [-0.3, -0.25) is 9.59 Å². The molecular weight excluding hydrogens is 300 g/mol. The first-order valence-corrected chi connectivity index (χ1v) is 9.26. The standard InChI is InChI=1S/C20H28N2O2/c1-15-6-8-16(9-7-15)14-22(18-10-11-18)19(23)12-13-21-20(24)17-4-2-3-5-17/h6-9,17-18H,2-5,10-14H2,1H3,(H,21,24). The van der Waals surface area contributed by atoms with Gasteiger partial charge < -0.3 is 10.2 Å². The van der Waals surface area contributed by atoms with Gasteiger partial charge in [0.05, 0.1) is 0 Å². The molecule has 1 N–H and O–H groups in total. The molecule has 3 rings (SSSR count). The van der Waals surface area contributed by atoms with Crippen molar-refractivity contribution >= 4 is 11.8 Å². The molecule has 130 valence electrons. The third-order valence-electron chi connectivity index (χ3n) is 5.15. The van der Waals surface area contributed by atoms with E-state index in [-0.39, 0.29) is 17.7 Å². The number of aryl methyl sites for hydroxylation is 1. The van der Waals surface area contributed by atoms with Crippen molar-refractivity contribution in [2.45, 2.75) is 64.5 Å². The van der Waals surface area contributed by atoms with Gasteiger partial charge in [-0.1, -0.05) is 42.7 Å². The summed E-state index contributed by atoms with van der Waals surface area (Å²) in [5, 5.41) is 2.95. The maximum Gasteiger partial charge on any atom is 0.224 e. The second-order valence-electron chi connectivity index (χ2n) is 7.26. The summed E-state index contributed by atoms with van der Waals surface area (Å²) in [7, 11) is 0. The zero-order valence-corrected chi connectivity index (χ0v) is 14.6.